The number of amides is 1. The quantitative estimate of drug-likeness (QED) is 0.268. The molecule has 1 aromatic heterocycles. The van der Waals surface area contributed by atoms with Crippen molar-refractivity contribution in [2.45, 2.75) is 139 Å². The summed E-state index contributed by atoms with van der Waals surface area (Å²) in [7, 11) is 0. The monoisotopic (exact) mass is 656 g/mol. The van der Waals surface area contributed by atoms with Gasteiger partial charge in [0.1, 0.15) is 0 Å². The number of aromatic nitrogens is 1. The maximum absolute atomic E-state index is 14.8. The molecule has 0 radical (unpaired) electrons. The van der Waals surface area contributed by atoms with Gasteiger partial charge < -0.3 is 10.0 Å². The predicted octanol–water partition coefficient (Wildman–Crippen LogP) is 9.90. The normalized spacial score (nSPS) is 19.5. The maximum Gasteiger partial charge on any atom is 0.303 e. The first-order valence-electron chi connectivity index (χ1n) is 18.2. The van der Waals surface area contributed by atoms with Crippen LogP contribution < -0.4 is 0 Å². The van der Waals surface area contributed by atoms with Crippen molar-refractivity contribution in [2.75, 3.05) is 26.2 Å². The Labute approximate surface area is 286 Å². The number of carboxylic acids is 1. The molecule has 7 heteroatoms. The number of rotatable bonds is 9. The molecule has 0 bridgehead atoms. The fraction of sp³-hybridized carbons (Fsp3) is 0.675. The maximum atomic E-state index is 14.8. The van der Waals surface area contributed by atoms with Crippen molar-refractivity contribution >= 4 is 11.9 Å². The second-order valence-electron chi connectivity index (χ2n) is 14.0. The van der Waals surface area contributed by atoms with Crippen molar-refractivity contribution in [1.29, 1.82) is 0 Å². The van der Waals surface area contributed by atoms with Gasteiger partial charge in [0.05, 0.1) is 5.92 Å². The first-order chi connectivity index (χ1) is 22.2. The third-order valence-corrected chi connectivity index (χ3v) is 9.30. The molecule has 3 unspecified atom stereocenters. The van der Waals surface area contributed by atoms with Gasteiger partial charge in [0, 0.05) is 55.3 Å². The molecular formula is C40H66FN3O3. The summed E-state index contributed by atoms with van der Waals surface area (Å²) in [6.07, 6.45) is 15.4. The number of aryl methyl sites for hydroxylation is 1. The highest BCUT2D eigenvalue weighted by Gasteiger charge is 2.44. The number of pyridine rings is 1. The Kier molecular flexibility index (Phi) is 19.1. The first-order valence-corrected chi connectivity index (χ1v) is 18.2. The molecule has 3 atom stereocenters. The van der Waals surface area contributed by atoms with E-state index < -0.39 is 11.9 Å². The number of allylic oxidation sites excluding steroid dienone is 6. The SMILES string of the molecule is CC.CC1=CCC2=C(C=C1)CCC2.CCC(=O)O.CCCN(CCC(C)CC)C(=O)C1CN(C(C)(C)C)CC1c1ccc(C)nc1F. The van der Waals surface area contributed by atoms with E-state index in [-0.39, 0.29) is 29.7 Å². The van der Waals surface area contributed by atoms with Crippen molar-refractivity contribution in [2.24, 2.45) is 11.8 Å². The zero-order valence-corrected chi connectivity index (χ0v) is 31.6. The van der Waals surface area contributed by atoms with E-state index in [2.05, 4.69) is 76.6 Å². The summed E-state index contributed by atoms with van der Waals surface area (Å²) in [5.74, 6) is -0.775. The number of hydrogen-bond acceptors (Lipinski definition) is 4. The Morgan fingerprint density at radius 3 is 2.28 bits per heavy atom. The first kappa shape index (κ1) is 42.2. The number of nitrogens with zero attached hydrogens (tertiary/aromatic N) is 3. The molecule has 1 aromatic rings. The fourth-order valence-corrected chi connectivity index (χ4v) is 5.99. The Morgan fingerprint density at radius 2 is 1.72 bits per heavy atom. The molecule has 2 heterocycles. The summed E-state index contributed by atoms with van der Waals surface area (Å²) in [6.45, 7) is 25.5. The lowest BCUT2D eigenvalue weighted by Crippen LogP contribution is -2.43. The summed E-state index contributed by atoms with van der Waals surface area (Å²) in [4.78, 5) is 31.4. The third kappa shape index (κ3) is 14.1. The number of carboxylic acid groups (broad SMARTS) is 1. The minimum atomic E-state index is -0.745. The van der Waals surface area contributed by atoms with Crippen molar-refractivity contribution < 1.29 is 19.1 Å². The van der Waals surface area contributed by atoms with E-state index in [4.69, 9.17) is 5.11 Å². The molecule has 0 spiro atoms. The van der Waals surface area contributed by atoms with Crippen LogP contribution in [0.1, 0.15) is 138 Å². The van der Waals surface area contributed by atoms with Crippen LogP contribution in [0.4, 0.5) is 4.39 Å². The highest BCUT2D eigenvalue weighted by molar-refractivity contribution is 5.80. The largest absolute Gasteiger partial charge is 0.481 e. The highest BCUT2D eigenvalue weighted by Crippen LogP contribution is 2.38. The minimum absolute atomic E-state index is 0.0613. The zero-order chi connectivity index (χ0) is 35.7. The Morgan fingerprint density at radius 1 is 1.06 bits per heavy atom. The summed E-state index contributed by atoms with van der Waals surface area (Å²) >= 11 is 0. The molecule has 1 fully saturated rings. The van der Waals surface area contributed by atoms with Gasteiger partial charge in [-0.3, -0.25) is 14.5 Å². The smallest absolute Gasteiger partial charge is 0.303 e. The number of hydrogen-bond donors (Lipinski definition) is 1. The van der Waals surface area contributed by atoms with Crippen molar-refractivity contribution in [3.8, 4) is 0 Å². The lowest BCUT2D eigenvalue weighted by Gasteiger charge is -2.32. The Bertz CT molecular complexity index is 1210. The van der Waals surface area contributed by atoms with Crippen molar-refractivity contribution in [3.05, 3.63) is 64.3 Å². The van der Waals surface area contributed by atoms with Gasteiger partial charge in [-0.1, -0.05) is 83.4 Å². The van der Waals surface area contributed by atoms with Crippen LogP contribution in [0, 0.1) is 24.7 Å². The summed E-state index contributed by atoms with van der Waals surface area (Å²) in [6, 6.07) is 3.69. The minimum Gasteiger partial charge on any atom is -0.481 e. The number of aliphatic carboxylic acids is 1. The molecule has 1 amide bonds. The van der Waals surface area contributed by atoms with E-state index in [1.165, 1.54) is 31.3 Å². The van der Waals surface area contributed by atoms with Gasteiger partial charge in [-0.2, -0.15) is 4.39 Å². The summed E-state index contributed by atoms with van der Waals surface area (Å²) in [5, 5.41) is 7.72. The fourth-order valence-electron chi connectivity index (χ4n) is 5.99. The van der Waals surface area contributed by atoms with Gasteiger partial charge in [-0.15, -0.1) is 0 Å². The summed E-state index contributed by atoms with van der Waals surface area (Å²) in [5.41, 5.74) is 5.89. The lowest BCUT2D eigenvalue weighted by molar-refractivity contribution is -0.137. The molecule has 266 valence electrons. The second kappa shape index (κ2) is 21.2. The number of likely N-dealkylation sites (tertiary alicyclic amines) is 1. The van der Waals surface area contributed by atoms with E-state index >= 15 is 0 Å². The van der Waals surface area contributed by atoms with Gasteiger partial charge >= 0.3 is 5.97 Å². The van der Waals surface area contributed by atoms with Crippen LogP contribution in [0.25, 0.3) is 0 Å². The molecular weight excluding hydrogens is 589 g/mol. The van der Waals surface area contributed by atoms with Crippen LogP contribution in [0.5, 0.6) is 0 Å². The molecule has 4 rings (SSSR count). The zero-order valence-electron chi connectivity index (χ0n) is 31.6. The van der Waals surface area contributed by atoms with Crippen LogP contribution in [-0.2, 0) is 9.59 Å². The Hall–Kier alpha value is -2.80. The van der Waals surface area contributed by atoms with Gasteiger partial charge in [-0.05, 0) is 90.7 Å². The summed E-state index contributed by atoms with van der Waals surface area (Å²) < 4.78 is 14.8. The van der Waals surface area contributed by atoms with Gasteiger partial charge in [0.2, 0.25) is 11.9 Å². The lowest BCUT2D eigenvalue weighted by atomic mass is 9.88. The molecule has 0 saturated carbocycles. The third-order valence-electron chi connectivity index (χ3n) is 9.30. The van der Waals surface area contributed by atoms with Gasteiger partial charge in [0.25, 0.3) is 0 Å². The number of carbonyl (C=O) groups is 2. The number of carbonyl (C=O) groups excluding carboxylic acids is 1. The molecule has 47 heavy (non-hydrogen) atoms. The molecule has 2 aliphatic carbocycles. The standard InChI is InChI=1S/C24H40FN3O.C11H14.C3H6O2.C2H6/c1-8-13-27(14-12-17(3)9-2)23(29)21-16-28(24(5,6)7)15-20(21)19-11-10-18(4)26-22(19)25;1-9-5-7-10-3-2-4-11(10)8-6-9;1-2-3(4)5;1-2/h10-11,17,20-21H,8-9,12-16H2,1-7H3;5-7H,2-4,8H2,1H3;2H2,1H3,(H,4,5);1-2H3. The molecule has 1 saturated heterocycles. The molecule has 1 N–H and O–H groups in total. The van der Waals surface area contributed by atoms with E-state index in [0.717, 1.165) is 32.4 Å². The van der Waals surface area contributed by atoms with Gasteiger partial charge in [0.15, 0.2) is 0 Å². The Balaban J connectivity index is 0.000000498. The van der Waals surface area contributed by atoms with E-state index in [9.17, 15) is 14.0 Å². The average Bonchev–Trinajstić information content (AvgIpc) is 3.65. The van der Waals surface area contributed by atoms with Crippen molar-refractivity contribution in [1.82, 2.24) is 14.8 Å². The molecule has 6 nitrogen and oxygen atoms in total. The van der Waals surface area contributed by atoms with Crippen molar-refractivity contribution in [3.63, 3.8) is 0 Å². The van der Waals surface area contributed by atoms with E-state index in [0.29, 0.717) is 30.3 Å². The molecule has 1 aliphatic heterocycles. The van der Waals surface area contributed by atoms with Crippen LogP contribution in [0.3, 0.4) is 0 Å². The van der Waals surface area contributed by atoms with Gasteiger partial charge in [-0.25, -0.2) is 4.98 Å². The van der Waals surface area contributed by atoms with Crippen LogP contribution in [-0.4, -0.2) is 63.5 Å². The molecule has 0 aromatic carbocycles. The van der Waals surface area contributed by atoms with Crippen LogP contribution >= 0.6 is 0 Å². The van der Waals surface area contributed by atoms with Crippen LogP contribution in [0.15, 0.2) is 47.1 Å². The van der Waals surface area contributed by atoms with E-state index in [1.807, 2.05) is 30.9 Å². The average molecular weight is 656 g/mol. The topological polar surface area (TPSA) is 73.7 Å². The molecule has 3 aliphatic rings. The predicted molar refractivity (Wildman–Crippen MR) is 195 cm³/mol. The van der Waals surface area contributed by atoms with Crippen LogP contribution in [0.2, 0.25) is 0 Å². The van der Waals surface area contributed by atoms with E-state index in [1.54, 1.807) is 25.0 Å². The second-order valence-corrected chi connectivity index (χ2v) is 14.0. The number of halogens is 1. The highest BCUT2D eigenvalue weighted by atomic mass is 19.1.